The monoisotopic (exact) mass is 465 g/mol. The highest BCUT2D eigenvalue weighted by Crippen LogP contribution is 2.27. The molecular formula is C26H33N4O4+. The van der Waals surface area contributed by atoms with Gasteiger partial charge in [-0.05, 0) is 43.9 Å². The van der Waals surface area contributed by atoms with Crippen LogP contribution in [0.25, 0.3) is 16.5 Å². The van der Waals surface area contributed by atoms with Crippen LogP contribution in [-0.4, -0.2) is 56.1 Å². The van der Waals surface area contributed by atoms with Crippen LogP contribution in [0.5, 0.6) is 11.5 Å². The van der Waals surface area contributed by atoms with Gasteiger partial charge in [-0.3, -0.25) is 9.59 Å². The van der Waals surface area contributed by atoms with Crippen molar-refractivity contribution in [1.29, 1.82) is 0 Å². The number of hydrogen-bond acceptors (Lipinski definition) is 5. The predicted octanol–water partition coefficient (Wildman–Crippen LogP) is 1.98. The lowest BCUT2D eigenvalue weighted by molar-refractivity contribution is -0.899. The van der Waals surface area contributed by atoms with Crippen LogP contribution in [0.3, 0.4) is 0 Å². The lowest BCUT2D eigenvalue weighted by Gasteiger charge is -2.17. The summed E-state index contributed by atoms with van der Waals surface area (Å²) in [6.07, 6.45) is 6.13. The molecule has 34 heavy (non-hydrogen) atoms. The van der Waals surface area contributed by atoms with Crippen molar-refractivity contribution in [3.63, 3.8) is 0 Å². The molecule has 4 rings (SSSR count). The SMILES string of the molecule is COc1ccc(-n2nc(C(=O)NCCC[NH+]3CCCCCC3)c3ccccc3c2=O)c(OC)c1. The molecule has 3 aromatic rings. The van der Waals surface area contributed by atoms with Crippen LogP contribution in [0.4, 0.5) is 0 Å². The van der Waals surface area contributed by atoms with Gasteiger partial charge in [0, 0.05) is 24.4 Å². The molecule has 0 bridgehead atoms. The van der Waals surface area contributed by atoms with Gasteiger partial charge in [-0.15, -0.1) is 0 Å². The van der Waals surface area contributed by atoms with E-state index in [-0.39, 0.29) is 17.2 Å². The van der Waals surface area contributed by atoms with Crippen LogP contribution in [0, 0.1) is 0 Å². The maximum Gasteiger partial charge on any atom is 0.279 e. The van der Waals surface area contributed by atoms with Gasteiger partial charge >= 0.3 is 0 Å². The normalized spacial score (nSPS) is 14.5. The molecule has 1 fully saturated rings. The Kier molecular flexibility index (Phi) is 7.80. The third-order valence-electron chi connectivity index (χ3n) is 6.44. The third kappa shape index (κ3) is 5.22. The highest BCUT2D eigenvalue weighted by molar-refractivity contribution is 6.04. The summed E-state index contributed by atoms with van der Waals surface area (Å²) in [5.74, 6) is 0.734. The Morgan fingerprint density at radius 3 is 2.47 bits per heavy atom. The zero-order chi connectivity index (χ0) is 23.9. The van der Waals surface area contributed by atoms with E-state index in [2.05, 4.69) is 10.4 Å². The van der Waals surface area contributed by atoms with Gasteiger partial charge in [-0.2, -0.15) is 9.78 Å². The average Bonchev–Trinajstić information content (AvgIpc) is 3.15. The zero-order valence-corrected chi connectivity index (χ0v) is 19.9. The third-order valence-corrected chi connectivity index (χ3v) is 6.44. The molecule has 1 saturated heterocycles. The smallest absolute Gasteiger partial charge is 0.279 e. The first-order valence-electron chi connectivity index (χ1n) is 12.0. The number of fused-ring (bicyclic) bond motifs is 1. The van der Waals surface area contributed by atoms with E-state index in [0.717, 1.165) is 13.0 Å². The highest BCUT2D eigenvalue weighted by Gasteiger charge is 2.19. The van der Waals surface area contributed by atoms with Crippen LogP contribution < -0.4 is 25.2 Å². The summed E-state index contributed by atoms with van der Waals surface area (Å²) in [4.78, 5) is 28.1. The number of hydrogen-bond donors (Lipinski definition) is 2. The minimum Gasteiger partial charge on any atom is -0.497 e. The summed E-state index contributed by atoms with van der Waals surface area (Å²) in [6, 6.07) is 12.2. The number of ether oxygens (including phenoxy) is 2. The van der Waals surface area contributed by atoms with Crippen LogP contribution in [-0.2, 0) is 0 Å². The summed E-state index contributed by atoms with van der Waals surface area (Å²) >= 11 is 0. The molecule has 0 saturated carbocycles. The molecule has 180 valence electrons. The highest BCUT2D eigenvalue weighted by atomic mass is 16.5. The van der Waals surface area contributed by atoms with Crippen molar-refractivity contribution >= 4 is 16.7 Å². The van der Waals surface area contributed by atoms with Crippen molar-refractivity contribution in [2.45, 2.75) is 32.1 Å². The molecule has 8 nitrogen and oxygen atoms in total. The molecule has 1 amide bonds. The summed E-state index contributed by atoms with van der Waals surface area (Å²) in [6.45, 7) is 4.06. The molecule has 2 aromatic carbocycles. The molecule has 0 atom stereocenters. The number of benzene rings is 2. The van der Waals surface area contributed by atoms with E-state index in [9.17, 15) is 9.59 Å². The van der Waals surface area contributed by atoms with E-state index in [0.29, 0.717) is 34.5 Å². The second kappa shape index (κ2) is 11.2. The van der Waals surface area contributed by atoms with E-state index in [4.69, 9.17) is 9.47 Å². The van der Waals surface area contributed by atoms with Crippen LogP contribution in [0.15, 0.2) is 47.3 Å². The second-order valence-electron chi connectivity index (χ2n) is 8.67. The number of quaternary nitrogens is 1. The number of methoxy groups -OCH3 is 2. The molecule has 2 heterocycles. The first-order chi connectivity index (χ1) is 16.6. The van der Waals surface area contributed by atoms with Crippen molar-refractivity contribution in [2.24, 2.45) is 0 Å². The number of nitrogens with one attached hydrogen (secondary N) is 2. The quantitative estimate of drug-likeness (QED) is 0.497. The number of carbonyl (C=O) groups excluding carboxylic acids is 1. The van der Waals surface area contributed by atoms with E-state index in [1.54, 1.807) is 54.5 Å². The number of carbonyl (C=O) groups is 1. The average molecular weight is 466 g/mol. The van der Waals surface area contributed by atoms with Crippen LogP contribution in [0.2, 0.25) is 0 Å². The fourth-order valence-electron chi connectivity index (χ4n) is 4.58. The number of amides is 1. The van der Waals surface area contributed by atoms with Gasteiger partial charge in [-0.1, -0.05) is 18.2 Å². The first kappa shape index (κ1) is 23.8. The summed E-state index contributed by atoms with van der Waals surface area (Å²) in [5.41, 5.74) is 0.341. The molecule has 2 N–H and O–H groups in total. The number of likely N-dealkylation sites (tertiary alicyclic amines) is 1. The minimum atomic E-state index is -0.319. The first-order valence-corrected chi connectivity index (χ1v) is 12.0. The zero-order valence-electron chi connectivity index (χ0n) is 19.9. The second-order valence-corrected chi connectivity index (χ2v) is 8.67. The number of rotatable bonds is 8. The van der Waals surface area contributed by atoms with Gasteiger partial charge in [0.15, 0.2) is 5.69 Å². The summed E-state index contributed by atoms with van der Waals surface area (Å²) in [7, 11) is 3.08. The Morgan fingerprint density at radius 1 is 1.03 bits per heavy atom. The molecule has 1 aromatic heterocycles. The van der Waals surface area contributed by atoms with Crippen molar-refractivity contribution in [3.8, 4) is 17.2 Å². The molecular weight excluding hydrogens is 432 g/mol. The lowest BCUT2D eigenvalue weighted by atomic mass is 10.1. The summed E-state index contributed by atoms with van der Waals surface area (Å²) < 4.78 is 12.0. The molecule has 8 heteroatoms. The van der Waals surface area contributed by atoms with Crippen molar-refractivity contribution in [2.75, 3.05) is 40.4 Å². The largest absolute Gasteiger partial charge is 0.497 e. The maximum atomic E-state index is 13.3. The van der Waals surface area contributed by atoms with Gasteiger partial charge in [0.25, 0.3) is 11.5 Å². The van der Waals surface area contributed by atoms with E-state index in [1.807, 2.05) is 0 Å². The van der Waals surface area contributed by atoms with E-state index >= 15 is 0 Å². The molecule has 1 aliphatic heterocycles. The van der Waals surface area contributed by atoms with Crippen molar-refractivity contribution < 1.29 is 19.2 Å². The predicted molar refractivity (Wildman–Crippen MR) is 131 cm³/mol. The molecule has 1 aliphatic rings. The molecule has 0 radical (unpaired) electrons. The van der Waals surface area contributed by atoms with Crippen LogP contribution in [0.1, 0.15) is 42.6 Å². The standard InChI is InChI=1S/C26H32N4O4/c1-33-19-12-13-22(23(18-19)34-2)30-26(32)21-11-6-5-10-20(21)24(28-30)25(31)27-14-9-17-29-15-7-3-4-8-16-29/h5-6,10-13,18H,3-4,7-9,14-17H2,1-2H3,(H,27,31)/p+1. The fourth-order valence-corrected chi connectivity index (χ4v) is 4.58. The van der Waals surface area contributed by atoms with Crippen molar-refractivity contribution in [3.05, 3.63) is 58.5 Å². The summed E-state index contributed by atoms with van der Waals surface area (Å²) in [5, 5.41) is 8.45. The minimum absolute atomic E-state index is 0.218. The van der Waals surface area contributed by atoms with E-state index < -0.39 is 0 Å². The maximum absolute atomic E-state index is 13.3. The van der Waals surface area contributed by atoms with Gasteiger partial charge in [0.1, 0.15) is 17.2 Å². The molecule has 0 aliphatic carbocycles. The van der Waals surface area contributed by atoms with Crippen molar-refractivity contribution in [1.82, 2.24) is 15.1 Å². The van der Waals surface area contributed by atoms with Gasteiger partial charge in [0.05, 0.1) is 39.2 Å². The molecule has 0 spiro atoms. The Morgan fingerprint density at radius 2 is 1.76 bits per heavy atom. The number of aromatic nitrogens is 2. The topological polar surface area (TPSA) is 86.9 Å². The van der Waals surface area contributed by atoms with Crippen LogP contribution >= 0.6 is 0 Å². The van der Waals surface area contributed by atoms with Gasteiger partial charge < -0.3 is 19.7 Å². The Balaban J connectivity index is 1.59. The Labute approximate surface area is 199 Å². The molecule has 0 unspecified atom stereocenters. The van der Waals surface area contributed by atoms with Gasteiger partial charge in [0.2, 0.25) is 0 Å². The Bertz CT molecular complexity index is 1200. The lowest BCUT2D eigenvalue weighted by Crippen LogP contribution is -3.11. The number of nitrogens with zero attached hydrogens (tertiary/aromatic N) is 2. The van der Waals surface area contributed by atoms with Gasteiger partial charge in [-0.25, -0.2) is 0 Å². The fraction of sp³-hybridized carbons (Fsp3) is 0.423. The Hall–Kier alpha value is -3.39. The van der Waals surface area contributed by atoms with E-state index in [1.165, 1.54) is 50.6 Å².